The predicted molar refractivity (Wildman–Crippen MR) is 104 cm³/mol. The van der Waals surface area contributed by atoms with Crippen LogP contribution in [0, 0.1) is 5.92 Å². The fraction of sp³-hybridized carbons (Fsp3) is 0.176. The molecule has 2 N–H and O–H groups in total. The van der Waals surface area contributed by atoms with E-state index < -0.39 is 28.0 Å². The Morgan fingerprint density at radius 2 is 1.62 bits per heavy atom. The Balaban J connectivity index is 1.82. The van der Waals surface area contributed by atoms with Crippen LogP contribution in [0.25, 0.3) is 0 Å². The normalized spacial score (nSPS) is 20.5. The van der Waals surface area contributed by atoms with Crippen molar-refractivity contribution >= 4 is 75.6 Å². The highest BCUT2D eigenvalue weighted by Gasteiger charge is 2.67. The molecule has 0 heterocycles. The van der Waals surface area contributed by atoms with Crippen LogP contribution >= 0.6 is 58.0 Å². The van der Waals surface area contributed by atoms with Crippen LogP contribution in [-0.4, -0.2) is 21.3 Å². The van der Waals surface area contributed by atoms with Crippen LogP contribution in [0.4, 0.5) is 5.69 Å². The van der Waals surface area contributed by atoms with Gasteiger partial charge >= 0.3 is 5.97 Å². The van der Waals surface area contributed by atoms with Crippen LogP contribution in [0.3, 0.4) is 0 Å². The average molecular weight is 454 g/mol. The Bertz CT molecular complexity index is 895. The van der Waals surface area contributed by atoms with E-state index >= 15 is 0 Å². The van der Waals surface area contributed by atoms with Gasteiger partial charge < -0.3 is 10.4 Å². The number of hydrogen-bond acceptors (Lipinski definition) is 2. The number of nitrogens with one attached hydrogen (secondary N) is 1. The Labute approximate surface area is 173 Å². The summed E-state index contributed by atoms with van der Waals surface area (Å²) < 4.78 is -1.32. The summed E-state index contributed by atoms with van der Waals surface area (Å²) in [5.74, 6) is -2.89. The largest absolute Gasteiger partial charge is 0.478 e. The van der Waals surface area contributed by atoms with Gasteiger partial charge in [0.05, 0.1) is 16.5 Å². The van der Waals surface area contributed by atoms with Crippen LogP contribution in [0.5, 0.6) is 0 Å². The van der Waals surface area contributed by atoms with Crippen molar-refractivity contribution in [1.82, 2.24) is 0 Å². The van der Waals surface area contributed by atoms with Gasteiger partial charge in [-0.25, -0.2) is 4.79 Å². The van der Waals surface area contributed by atoms with E-state index in [1.807, 2.05) is 0 Å². The molecule has 1 saturated carbocycles. The molecule has 2 aromatic carbocycles. The lowest BCUT2D eigenvalue weighted by atomic mass is 10.1. The highest BCUT2D eigenvalue weighted by molar-refractivity contribution is 6.53. The summed E-state index contributed by atoms with van der Waals surface area (Å²) >= 11 is 30.4. The SMILES string of the molecule is O=C(O)c1cc(NC(=O)[C@H]2[C@H](c3cc(Cl)cc(Cl)c3)C2(Cl)Cl)ccc1Cl. The van der Waals surface area contributed by atoms with E-state index in [0.717, 1.165) is 0 Å². The maximum Gasteiger partial charge on any atom is 0.337 e. The smallest absolute Gasteiger partial charge is 0.337 e. The lowest BCUT2D eigenvalue weighted by Gasteiger charge is -2.07. The highest BCUT2D eigenvalue weighted by Crippen LogP contribution is 2.65. The van der Waals surface area contributed by atoms with Crippen molar-refractivity contribution in [3.8, 4) is 0 Å². The molecule has 0 unspecified atom stereocenters. The average Bonchev–Trinajstić information content (AvgIpc) is 3.10. The van der Waals surface area contributed by atoms with Gasteiger partial charge in [-0.3, -0.25) is 4.79 Å². The van der Waals surface area contributed by atoms with Gasteiger partial charge in [0, 0.05) is 21.7 Å². The molecule has 2 atom stereocenters. The predicted octanol–water partition coefficient (Wildman–Crippen LogP) is 5.87. The number of rotatable bonds is 4. The molecule has 0 aromatic heterocycles. The molecule has 9 heteroatoms. The molecule has 136 valence electrons. The summed E-state index contributed by atoms with van der Waals surface area (Å²) in [6, 6.07) is 9.00. The van der Waals surface area contributed by atoms with E-state index in [1.54, 1.807) is 18.2 Å². The second-order valence-electron chi connectivity index (χ2n) is 5.82. The first-order valence-electron chi connectivity index (χ1n) is 7.28. The molecule has 1 aliphatic carbocycles. The Morgan fingerprint density at radius 3 is 2.19 bits per heavy atom. The quantitative estimate of drug-likeness (QED) is 0.569. The third-order valence-electron chi connectivity index (χ3n) is 4.04. The number of carbonyl (C=O) groups is 2. The zero-order valence-corrected chi connectivity index (χ0v) is 16.6. The molecule has 0 bridgehead atoms. The van der Waals surface area contributed by atoms with Crippen LogP contribution < -0.4 is 5.32 Å². The second kappa shape index (κ2) is 7.10. The Kier molecular flexibility index (Phi) is 5.35. The molecule has 1 amide bonds. The van der Waals surface area contributed by atoms with Gasteiger partial charge in [-0.2, -0.15) is 0 Å². The zero-order valence-electron chi connectivity index (χ0n) is 12.8. The first-order chi connectivity index (χ1) is 12.1. The van der Waals surface area contributed by atoms with E-state index in [1.165, 1.54) is 18.2 Å². The third-order valence-corrected chi connectivity index (χ3v) is 5.75. The number of carboxylic acids is 1. The number of benzene rings is 2. The van der Waals surface area contributed by atoms with Crippen molar-refractivity contribution in [2.24, 2.45) is 5.92 Å². The fourth-order valence-electron chi connectivity index (χ4n) is 2.81. The minimum Gasteiger partial charge on any atom is -0.478 e. The minimum absolute atomic E-state index is 0.0670. The number of carboxylic acid groups (broad SMARTS) is 1. The van der Waals surface area contributed by atoms with E-state index in [0.29, 0.717) is 15.6 Å². The van der Waals surface area contributed by atoms with Crippen molar-refractivity contribution in [3.05, 3.63) is 62.6 Å². The summed E-state index contributed by atoms with van der Waals surface area (Å²) in [5.41, 5.74) is 0.798. The van der Waals surface area contributed by atoms with Crippen LogP contribution in [0.15, 0.2) is 36.4 Å². The van der Waals surface area contributed by atoms with Gasteiger partial charge in [-0.05, 0) is 42.0 Å². The summed E-state index contributed by atoms with van der Waals surface area (Å²) in [4.78, 5) is 23.7. The number of hydrogen-bond donors (Lipinski definition) is 2. The molecular formula is C17H10Cl5NO3. The zero-order chi connectivity index (χ0) is 19.2. The molecule has 0 saturated heterocycles. The summed E-state index contributed by atoms with van der Waals surface area (Å²) in [6.07, 6.45) is 0. The maximum absolute atomic E-state index is 12.6. The topological polar surface area (TPSA) is 66.4 Å². The van der Waals surface area contributed by atoms with Crippen molar-refractivity contribution in [2.45, 2.75) is 10.3 Å². The van der Waals surface area contributed by atoms with Gasteiger partial charge in [0.25, 0.3) is 0 Å². The lowest BCUT2D eigenvalue weighted by molar-refractivity contribution is -0.117. The van der Waals surface area contributed by atoms with E-state index in [9.17, 15) is 9.59 Å². The van der Waals surface area contributed by atoms with E-state index in [4.69, 9.17) is 63.1 Å². The Hall–Kier alpha value is -1.17. The molecule has 3 rings (SSSR count). The number of alkyl halides is 2. The maximum atomic E-state index is 12.6. The van der Waals surface area contributed by atoms with Crippen molar-refractivity contribution in [2.75, 3.05) is 5.32 Å². The molecule has 1 fully saturated rings. The van der Waals surface area contributed by atoms with Gasteiger partial charge in [-0.15, -0.1) is 23.2 Å². The standard InChI is InChI=1S/C17H10Cl5NO3/c18-8-3-7(4-9(19)5-8)13-14(17(13,21)22)15(24)23-10-1-2-12(20)11(6-10)16(25)26/h1-6,13-14H,(H,23,24)(H,25,26)/t13-,14+/m0/s1. The highest BCUT2D eigenvalue weighted by atomic mass is 35.5. The molecular weight excluding hydrogens is 443 g/mol. The van der Waals surface area contributed by atoms with Gasteiger partial charge in [-0.1, -0.05) is 34.8 Å². The molecule has 4 nitrogen and oxygen atoms in total. The van der Waals surface area contributed by atoms with Crippen molar-refractivity contribution in [3.63, 3.8) is 0 Å². The second-order valence-corrected chi connectivity index (χ2v) is 8.55. The fourth-order valence-corrected chi connectivity index (χ4v) is 4.38. The molecule has 0 spiro atoms. The molecule has 26 heavy (non-hydrogen) atoms. The van der Waals surface area contributed by atoms with Gasteiger partial charge in [0.15, 0.2) is 0 Å². The van der Waals surface area contributed by atoms with Crippen molar-refractivity contribution in [1.29, 1.82) is 0 Å². The van der Waals surface area contributed by atoms with Crippen LogP contribution in [0.2, 0.25) is 15.1 Å². The lowest BCUT2D eigenvalue weighted by Crippen LogP contribution is -2.17. The van der Waals surface area contributed by atoms with Gasteiger partial charge in [0.1, 0.15) is 4.33 Å². The van der Waals surface area contributed by atoms with E-state index in [2.05, 4.69) is 5.32 Å². The van der Waals surface area contributed by atoms with Crippen LogP contribution in [0.1, 0.15) is 21.8 Å². The summed E-state index contributed by atoms with van der Waals surface area (Å²) in [6.45, 7) is 0. The number of halogens is 5. The summed E-state index contributed by atoms with van der Waals surface area (Å²) in [5, 5.41) is 12.6. The number of aromatic carboxylic acids is 1. The first-order valence-corrected chi connectivity index (χ1v) is 9.17. The number of anilines is 1. The summed E-state index contributed by atoms with van der Waals surface area (Å²) in [7, 11) is 0. The van der Waals surface area contributed by atoms with Crippen molar-refractivity contribution < 1.29 is 14.7 Å². The molecule has 0 aliphatic heterocycles. The molecule has 1 aliphatic rings. The van der Waals surface area contributed by atoms with Crippen LogP contribution in [-0.2, 0) is 4.79 Å². The van der Waals surface area contributed by atoms with E-state index in [-0.39, 0.29) is 16.3 Å². The Morgan fingerprint density at radius 1 is 1.00 bits per heavy atom. The number of carbonyl (C=O) groups excluding carboxylic acids is 1. The first kappa shape index (κ1) is 19.6. The molecule has 2 aromatic rings. The van der Waals surface area contributed by atoms with Gasteiger partial charge in [0.2, 0.25) is 5.91 Å². The third kappa shape index (κ3) is 3.75. The monoisotopic (exact) mass is 451 g/mol. The number of amides is 1. The minimum atomic E-state index is -1.32. The molecule has 0 radical (unpaired) electrons.